The third-order valence-corrected chi connectivity index (χ3v) is 3.57. The van der Waals surface area contributed by atoms with Crippen LogP contribution in [0.2, 0.25) is 0 Å². The molecule has 0 atom stereocenters. The van der Waals surface area contributed by atoms with Gasteiger partial charge in [-0.15, -0.1) is 0 Å². The van der Waals surface area contributed by atoms with Gasteiger partial charge in [0.25, 0.3) is 0 Å². The number of nitrogens with zero attached hydrogens (tertiary/aromatic N) is 1. The van der Waals surface area contributed by atoms with Gasteiger partial charge >= 0.3 is 0 Å². The van der Waals surface area contributed by atoms with Gasteiger partial charge in [0.1, 0.15) is 11.3 Å². The maximum atomic E-state index is 8.99. The summed E-state index contributed by atoms with van der Waals surface area (Å²) in [6, 6.07) is 13.6. The summed E-state index contributed by atoms with van der Waals surface area (Å²) in [7, 11) is 0. The molecule has 1 heterocycles. The number of anilines is 1. The van der Waals surface area contributed by atoms with Crippen molar-refractivity contribution in [2.24, 2.45) is 0 Å². The molecule has 0 saturated carbocycles. The van der Waals surface area contributed by atoms with E-state index in [0.717, 1.165) is 33.4 Å². The minimum atomic E-state index is 0.687. The standard InChI is InChI=1S/C17H14N2O/c1-10-7-12(3-4-13(10)9-18)17-11(2)15-6-5-14(19)8-16(15)20-17/h3-8H,19H2,1-2H3. The Kier molecular flexibility index (Phi) is 2.73. The fourth-order valence-electron chi connectivity index (χ4n) is 2.45. The van der Waals surface area contributed by atoms with Crippen molar-refractivity contribution in [3.05, 3.63) is 53.1 Å². The Morgan fingerprint density at radius 2 is 1.90 bits per heavy atom. The third-order valence-electron chi connectivity index (χ3n) is 3.57. The fourth-order valence-corrected chi connectivity index (χ4v) is 2.45. The molecule has 3 rings (SSSR count). The van der Waals surface area contributed by atoms with Crippen LogP contribution in [-0.2, 0) is 0 Å². The molecule has 20 heavy (non-hydrogen) atoms. The van der Waals surface area contributed by atoms with Crippen LogP contribution in [0.4, 0.5) is 5.69 Å². The third kappa shape index (κ3) is 1.83. The summed E-state index contributed by atoms with van der Waals surface area (Å²) in [5.41, 5.74) is 11.0. The highest BCUT2D eigenvalue weighted by Gasteiger charge is 2.13. The second-order valence-electron chi connectivity index (χ2n) is 4.95. The summed E-state index contributed by atoms with van der Waals surface area (Å²) in [6.07, 6.45) is 0. The molecule has 0 aliphatic rings. The van der Waals surface area contributed by atoms with E-state index >= 15 is 0 Å². The van der Waals surface area contributed by atoms with Gasteiger partial charge in [-0.3, -0.25) is 0 Å². The van der Waals surface area contributed by atoms with Crippen LogP contribution in [0.5, 0.6) is 0 Å². The average Bonchev–Trinajstić information content (AvgIpc) is 2.75. The van der Waals surface area contributed by atoms with E-state index in [0.29, 0.717) is 11.3 Å². The first kappa shape index (κ1) is 12.3. The first-order valence-corrected chi connectivity index (χ1v) is 6.40. The van der Waals surface area contributed by atoms with Crippen molar-refractivity contribution < 1.29 is 4.42 Å². The lowest BCUT2D eigenvalue weighted by atomic mass is 10.0. The molecular weight excluding hydrogens is 248 g/mol. The quantitative estimate of drug-likeness (QED) is 0.669. The smallest absolute Gasteiger partial charge is 0.138 e. The molecule has 0 fully saturated rings. The number of hydrogen-bond acceptors (Lipinski definition) is 3. The van der Waals surface area contributed by atoms with E-state index in [9.17, 15) is 0 Å². The van der Waals surface area contributed by atoms with Gasteiger partial charge in [0, 0.05) is 28.3 Å². The number of nitrogen functional groups attached to an aromatic ring is 1. The maximum Gasteiger partial charge on any atom is 0.138 e. The van der Waals surface area contributed by atoms with E-state index in [2.05, 4.69) is 6.07 Å². The molecule has 0 radical (unpaired) electrons. The van der Waals surface area contributed by atoms with Crippen LogP contribution in [0.1, 0.15) is 16.7 Å². The Balaban J connectivity index is 2.22. The van der Waals surface area contributed by atoms with Gasteiger partial charge in [-0.1, -0.05) is 0 Å². The number of benzene rings is 2. The minimum absolute atomic E-state index is 0.687. The first-order valence-electron chi connectivity index (χ1n) is 6.40. The Hall–Kier alpha value is -2.73. The van der Waals surface area contributed by atoms with E-state index in [1.165, 1.54) is 0 Å². The van der Waals surface area contributed by atoms with E-state index in [1.807, 2.05) is 50.2 Å². The summed E-state index contributed by atoms with van der Waals surface area (Å²) in [5, 5.41) is 10.1. The molecule has 0 amide bonds. The first-order chi connectivity index (χ1) is 9.60. The van der Waals surface area contributed by atoms with Gasteiger partial charge in [-0.25, -0.2) is 0 Å². The zero-order valence-corrected chi connectivity index (χ0v) is 11.4. The van der Waals surface area contributed by atoms with E-state index < -0.39 is 0 Å². The SMILES string of the molecule is Cc1cc(-c2oc3cc(N)ccc3c2C)ccc1C#N. The molecule has 0 unspecified atom stereocenters. The monoisotopic (exact) mass is 262 g/mol. The molecule has 2 aromatic carbocycles. The topological polar surface area (TPSA) is 62.9 Å². The Morgan fingerprint density at radius 1 is 1.10 bits per heavy atom. The van der Waals surface area contributed by atoms with Gasteiger partial charge in [0.05, 0.1) is 11.6 Å². The fraction of sp³-hybridized carbons (Fsp3) is 0.118. The summed E-state index contributed by atoms with van der Waals surface area (Å²) >= 11 is 0. The molecule has 3 aromatic rings. The highest BCUT2D eigenvalue weighted by atomic mass is 16.3. The highest BCUT2D eigenvalue weighted by Crippen LogP contribution is 2.34. The highest BCUT2D eigenvalue weighted by molar-refractivity contribution is 5.89. The molecule has 98 valence electrons. The van der Waals surface area contributed by atoms with Gasteiger partial charge in [0.15, 0.2) is 0 Å². The molecule has 1 aromatic heterocycles. The number of hydrogen-bond donors (Lipinski definition) is 1. The molecule has 0 aliphatic heterocycles. The van der Waals surface area contributed by atoms with E-state index in [-0.39, 0.29) is 0 Å². The molecule has 0 bridgehead atoms. The molecule has 2 N–H and O–H groups in total. The van der Waals surface area contributed by atoms with Crippen molar-refractivity contribution in [2.45, 2.75) is 13.8 Å². The number of fused-ring (bicyclic) bond motifs is 1. The second-order valence-corrected chi connectivity index (χ2v) is 4.95. The van der Waals surface area contributed by atoms with Gasteiger partial charge in [0.2, 0.25) is 0 Å². The summed E-state index contributed by atoms with van der Waals surface area (Å²) in [5.74, 6) is 0.832. The average molecular weight is 262 g/mol. The summed E-state index contributed by atoms with van der Waals surface area (Å²) < 4.78 is 5.93. The lowest BCUT2D eigenvalue weighted by Crippen LogP contribution is -1.84. The largest absolute Gasteiger partial charge is 0.456 e. The van der Waals surface area contributed by atoms with Crippen molar-refractivity contribution >= 4 is 16.7 Å². The van der Waals surface area contributed by atoms with E-state index in [4.69, 9.17) is 15.4 Å². The number of nitrogens with two attached hydrogens (primary N) is 1. The molecular formula is C17H14N2O. The summed E-state index contributed by atoms with van der Waals surface area (Å²) in [6.45, 7) is 3.96. The lowest BCUT2D eigenvalue weighted by Gasteiger charge is -2.02. The Labute approximate surface area is 117 Å². The van der Waals surface area contributed by atoms with Gasteiger partial charge in [-0.05, 0) is 49.7 Å². The number of furan rings is 1. The van der Waals surface area contributed by atoms with Crippen LogP contribution in [-0.4, -0.2) is 0 Å². The van der Waals surface area contributed by atoms with Crippen molar-refractivity contribution in [3.8, 4) is 17.4 Å². The van der Waals surface area contributed by atoms with Crippen molar-refractivity contribution in [1.82, 2.24) is 0 Å². The molecule has 0 aliphatic carbocycles. The maximum absolute atomic E-state index is 8.99. The molecule has 3 heteroatoms. The van der Waals surface area contributed by atoms with Crippen LogP contribution in [0.3, 0.4) is 0 Å². The molecule has 3 nitrogen and oxygen atoms in total. The second kappa shape index (κ2) is 4.43. The predicted octanol–water partition coefficient (Wildman–Crippen LogP) is 4.17. The van der Waals surface area contributed by atoms with Crippen molar-refractivity contribution in [2.75, 3.05) is 5.73 Å². The van der Waals surface area contributed by atoms with Crippen LogP contribution in [0.25, 0.3) is 22.3 Å². The van der Waals surface area contributed by atoms with Crippen LogP contribution >= 0.6 is 0 Å². The zero-order valence-electron chi connectivity index (χ0n) is 11.4. The van der Waals surface area contributed by atoms with Gasteiger partial charge in [-0.2, -0.15) is 5.26 Å². The minimum Gasteiger partial charge on any atom is -0.456 e. The number of nitriles is 1. The lowest BCUT2D eigenvalue weighted by molar-refractivity contribution is 0.629. The Bertz CT molecular complexity index is 853. The normalized spacial score (nSPS) is 10.7. The zero-order chi connectivity index (χ0) is 14.3. The Morgan fingerprint density at radius 3 is 2.60 bits per heavy atom. The molecule has 0 spiro atoms. The van der Waals surface area contributed by atoms with Crippen molar-refractivity contribution in [1.29, 1.82) is 5.26 Å². The summed E-state index contributed by atoms with van der Waals surface area (Å²) in [4.78, 5) is 0. The van der Waals surface area contributed by atoms with Crippen LogP contribution in [0.15, 0.2) is 40.8 Å². The van der Waals surface area contributed by atoms with Crippen LogP contribution in [0, 0.1) is 25.2 Å². The van der Waals surface area contributed by atoms with Crippen LogP contribution < -0.4 is 5.73 Å². The van der Waals surface area contributed by atoms with Gasteiger partial charge < -0.3 is 10.2 Å². The predicted molar refractivity (Wildman–Crippen MR) is 80.3 cm³/mol. The number of rotatable bonds is 1. The molecule has 0 saturated heterocycles. The van der Waals surface area contributed by atoms with E-state index in [1.54, 1.807) is 0 Å². The van der Waals surface area contributed by atoms with Crippen molar-refractivity contribution in [3.63, 3.8) is 0 Å². The number of aryl methyl sites for hydroxylation is 2.